The van der Waals surface area contributed by atoms with Gasteiger partial charge in [0.15, 0.2) is 0 Å². The summed E-state index contributed by atoms with van der Waals surface area (Å²) in [5.74, 6) is 5.28. The number of nitrogens with one attached hydrogen (secondary N) is 2. The van der Waals surface area contributed by atoms with Crippen LogP contribution in [0.2, 0.25) is 0 Å². The highest BCUT2D eigenvalue weighted by Gasteiger charge is 2.15. The summed E-state index contributed by atoms with van der Waals surface area (Å²) in [5.41, 5.74) is 5.96. The molecule has 0 spiro atoms. The molecule has 0 aliphatic rings. The fraction of sp³-hybridized carbons (Fsp3) is 0.188. The maximum atomic E-state index is 12.3. The topological polar surface area (TPSA) is 67.2 Å². The van der Waals surface area contributed by atoms with E-state index in [1.54, 1.807) is 12.1 Å². The summed E-state index contributed by atoms with van der Waals surface area (Å²) < 4.78 is 0. The van der Waals surface area contributed by atoms with E-state index in [-0.39, 0.29) is 11.9 Å². The molecule has 4 heteroatoms. The molecule has 0 fully saturated rings. The number of benzene rings is 2. The largest absolute Gasteiger partial charge is 0.345 e. The highest BCUT2D eigenvalue weighted by atomic mass is 16.1. The number of anilines is 1. The van der Waals surface area contributed by atoms with Crippen molar-refractivity contribution in [1.29, 1.82) is 0 Å². The number of amides is 1. The predicted molar refractivity (Wildman–Crippen MR) is 81.3 cm³/mol. The van der Waals surface area contributed by atoms with Crippen LogP contribution in [0.1, 0.15) is 34.5 Å². The Hall–Kier alpha value is -2.33. The molecule has 0 saturated heterocycles. The zero-order chi connectivity index (χ0) is 14.5. The minimum Gasteiger partial charge on any atom is -0.345 e. The van der Waals surface area contributed by atoms with E-state index >= 15 is 0 Å². The molecular formula is C16H19N3O. The van der Waals surface area contributed by atoms with E-state index in [1.165, 1.54) is 0 Å². The van der Waals surface area contributed by atoms with Gasteiger partial charge in [-0.2, -0.15) is 0 Å². The van der Waals surface area contributed by atoms with Crippen LogP contribution in [0.5, 0.6) is 0 Å². The lowest BCUT2D eigenvalue weighted by atomic mass is 10.0. The summed E-state index contributed by atoms with van der Waals surface area (Å²) in [5, 5.41) is 2.99. The normalized spacial score (nSPS) is 11.8. The van der Waals surface area contributed by atoms with Crippen LogP contribution in [0.15, 0.2) is 48.5 Å². The van der Waals surface area contributed by atoms with Crippen LogP contribution in [-0.4, -0.2) is 5.91 Å². The van der Waals surface area contributed by atoms with Gasteiger partial charge in [0.1, 0.15) is 0 Å². The van der Waals surface area contributed by atoms with Crippen molar-refractivity contribution in [3.05, 3.63) is 65.2 Å². The van der Waals surface area contributed by atoms with Crippen LogP contribution in [0.3, 0.4) is 0 Å². The molecule has 0 aliphatic heterocycles. The van der Waals surface area contributed by atoms with Crippen LogP contribution < -0.4 is 16.6 Å². The summed E-state index contributed by atoms with van der Waals surface area (Å²) in [6.07, 6.45) is 0. The zero-order valence-corrected chi connectivity index (χ0v) is 11.7. The van der Waals surface area contributed by atoms with Gasteiger partial charge in [0, 0.05) is 0 Å². The van der Waals surface area contributed by atoms with Gasteiger partial charge in [0.25, 0.3) is 5.91 Å². The van der Waals surface area contributed by atoms with E-state index in [2.05, 4.69) is 10.7 Å². The molecule has 1 unspecified atom stereocenters. The number of carbonyl (C=O) groups excluding carboxylic acids is 1. The molecule has 2 aromatic rings. The number of para-hydroxylation sites is 1. The van der Waals surface area contributed by atoms with Gasteiger partial charge < -0.3 is 10.7 Å². The van der Waals surface area contributed by atoms with Crippen molar-refractivity contribution in [2.45, 2.75) is 19.9 Å². The maximum absolute atomic E-state index is 12.3. The van der Waals surface area contributed by atoms with E-state index in [9.17, 15) is 4.79 Å². The fourth-order valence-electron chi connectivity index (χ4n) is 2.23. The molecule has 0 radical (unpaired) electrons. The Morgan fingerprint density at radius 1 is 1.10 bits per heavy atom. The molecule has 4 nitrogen and oxygen atoms in total. The second kappa shape index (κ2) is 6.21. The monoisotopic (exact) mass is 269 g/mol. The first-order valence-electron chi connectivity index (χ1n) is 6.55. The molecule has 104 valence electrons. The Morgan fingerprint density at radius 2 is 1.75 bits per heavy atom. The van der Waals surface area contributed by atoms with Crippen molar-refractivity contribution in [1.82, 2.24) is 5.32 Å². The molecule has 0 heterocycles. The van der Waals surface area contributed by atoms with Crippen molar-refractivity contribution < 1.29 is 4.79 Å². The molecule has 0 saturated carbocycles. The summed E-state index contributed by atoms with van der Waals surface area (Å²) in [6, 6.07) is 15.1. The number of hydrogen-bond acceptors (Lipinski definition) is 3. The lowest BCUT2D eigenvalue weighted by Gasteiger charge is -2.17. The highest BCUT2D eigenvalue weighted by molar-refractivity contribution is 5.99. The Kier molecular flexibility index (Phi) is 4.38. The molecule has 2 aromatic carbocycles. The third-order valence-corrected chi connectivity index (χ3v) is 3.33. The van der Waals surface area contributed by atoms with Crippen molar-refractivity contribution in [3.63, 3.8) is 0 Å². The van der Waals surface area contributed by atoms with Gasteiger partial charge in [0.2, 0.25) is 0 Å². The van der Waals surface area contributed by atoms with E-state index in [1.807, 2.05) is 50.2 Å². The average Bonchev–Trinajstić information content (AvgIpc) is 2.47. The lowest BCUT2D eigenvalue weighted by Crippen LogP contribution is -2.28. The van der Waals surface area contributed by atoms with Crippen molar-refractivity contribution >= 4 is 11.6 Å². The van der Waals surface area contributed by atoms with E-state index in [4.69, 9.17) is 5.84 Å². The first-order valence-corrected chi connectivity index (χ1v) is 6.55. The summed E-state index contributed by atoms with van der Waals surface area (Å²) in [6.45, 7) is 4.01. The average molecular weight is 269 g/mol. The van der Waals surface area contributed by atoms with Gasteiger partial charge in [-0.15, -0.1) is 0 Å². The van der Waals surface area contributed by atoms with Crippen LogP contribution in [0, 0.1) is 6.92 Å². The third-order valence-electron chi connectivity index (χ3n) is 3.33. The number of nitrogen functional groups attached to an aromatic ring is 1. The van der Waals surface area contributed by atoms with E-state index in [0.717, 1.165) is 11.1 Å². The van der Waals surface area contributed by atoms with E-state index < -0.39 is 0 Å². The highest BCUT2D eigenvalue weighted by Crippen LogP contribution is 2.19. The molecular weight excluding hydrogens is 250 g/mol. The van der Waals surface area contributed by atoms with Gasteiger partial charge in [-0.25, -0.2) is 0 Å². The third kappa shape index (κ3) is 2.97. The maximum Gasteiger partial charge on any atom is 0.253 e. The van der Waals surface area contributed by atoms with Gasteiger partial charge in [-0.1, -0.05) is 36.4 Å². The second-order valence-corrected chi connectivity index (χ2v) is 4.74. The molecule has 20 heavy (non-hydrogen) atoms. The molecule has 0 bridgehead atoms. The van der Waals surface area contributed by atoms with Crippen LogP contribution >= 0.6 is 0 Å². The molecule has 1 atom stereocenters. The quantitative estimate of drug-likeness (QED) is 0.590. The fourth-order valence-corrected chi connectivity index (χ4v) is 2.23. The minimum absolute atomic E-state index is 0.0606. The summed E-state index contributed by atoms with van der Waals surface area (Å²) in [7, 11) is 0. The number of carbonyl (C=O) groups is 1. The van der Waals surface area contributed by atoms with Gasteiger partial charge in [-0.05, 0) is 37.1 Å². The molecule has 1 amide bonds. The Labute approximate surface area is 119 Å². The first kappa shape index (κ1) is 14.1. The van der Waals surface area contributed by atoms with Crippen LogP contribution in [0.4, 0.5) is 5.69 Å². The van der Waals surface area contributed by atoms with Crippen LogP contribution in [0.25, 0.3) is 0 Å². The van der Waals surface area contributed by atoms with Crippen LogP contribution in [-0.2, 0) is 0 Å². The minimum atomic E-state index is -0.144. The molecule has 0 aliphatic carbocycles. The van der Waals surface area contributed by atoms with Gasteiger partial charge >= 0.3 is 0 Å². The second-order valence-electron chi connectivity index (χ2n) is 4.74. The van der Waals surface area contributed by atoms with E-state index in [0.29, 0.717) is 11.3 Å². The summed E-state index contributed by atoms with van der Waals surface area (Å²) >= 11 is 0. The van der Waals surface area contributed by atoms with Gasteiger partial charge in [-0.3, -0.25) is 10.6 Å². The smallest absolute Gasteiger partial charge is 0.253 e. The number of hydrogen-bond donors (Lipinski definition) is 3. The lowest BCUT2D eigenvalue weighted by molar-refractivity contribution is 0.0940. The Bertz CT molecular complexity index is 610. The first-order chi connectivity index (χ1) is 9.63. The number of rotatable bonds is 4. The number of hydrazine groups is 1. The van der Waals surface area contributed by atoms with Crippen molar-refractivity contribution in [2.75, 3.05) is 5.43 Å². The Balaban J connectivity index is 2.18. The molecule has 0 aromatic heterocycles. The zero-order valence-electron chi connectivity index (χ0n) is 11.7. The van der Waals surface area contributed by atoms with Crippen molar-refractivity contribution in [2.24, 2.45) is 5.84 Å². The molecule has 2 rings (SSSR count). The standard InChI is InChI=1S/C16H19N3O/c1-11-7-3-4-8-13(11)12(2)18-16(20)14-9-5-6-10-15(14)19-17/h3-10,12,19H,17H2,1-2H3,(H,18,20). The summed E-state index contributed by atoms with van der Waals surface area (Å²) in [4.78, 5) is 12.3. The SMILES string of the molecule is Cc1ccccc1C(C)NC(=O)c1ccccc1NN. The van der Waals surface area contributed by atoms with Crippen molar-refractivity contribution in [3.8, 4) is 0 Å². The van der Waals surface area contributed by atoms with Gasteiger partial charge in [0.05, 0.1) is 17.3 Å². The number of nitrogens with two attached hydrogens (primary N) is 1. The number of aryl methyl sites for hydroxylation is 1. The Morgan fingerprint density at radius 3 is 2.45 bits per heavy atom. The predicted octanol–water partition coefficient (Wildman–Crippen LogP) is 2.77. The molecule has 4 N–H and O–H groups in total.